The molecule has 0 saturated carbocycles. The number of piperazine rings is 1. The second kappa shape index (κ2) is 9.65. The van der Waals surface area contributed by atoms with Gasteiger partial charge < -0.3 is 9.26 Å². The van der Waals surface area contributed by atoms with Crippen LogP contribution < -0.4 is 4.74 Å². The van der Waals surface area contributed by atoms with Crippen LogP contribution in [0.25, 0.3) is 11.4 Å². The minimum Gasteiger partial charge on any atom is -0.493 e. The van der Waals surface area contributed by atoms with Crippen LogP contribution in [0.1, 0.15) is 12.8 Å². The summed E-state index contributed by atoms with van der Waals surface area (Å²) in [5, 5.41) is 14.9. The van der Waals surface area contributed by atoms with E-state index in [-0.39, 0.29) is 23.7 Å². The highest BCUT2D eigenvalue weighted by molar-refractivity contribution is 7.89. The molecule has 2 aromatic carbocycles. The maximum atomic E-state index is 12.9. The molecule has 0 spiro atoms. The molecular weight excluding hydrogens is 450 g/mol. The Labute approximate surface area is 190 Å². The Bertz CT molecular complexity index is 1220. The molecule has 33 heavy (non-hydrogen) atoms. The summed E-state index contributed by atoms with van der Waals surface area (Å²) in [5.74, 6) is 1.55. The number of sulfonamides is 1. The van der Waals surface area contributed by atoms with E-state index in [2.05, 4.69) is 10.1 Å². The molecule has 1 fully saturated rings. The van der Waals surface area contributed by atoms with E-state index in [1.165, 1.54) is 28.6 Å². The molecular formula is C21H23N5O6S. The maximum Gasteiger partial charge on any atom is 0.269 e. The zero-order valence-electron chi connectivity index (χ0n) is 18.0. The van der Waals surface area contributed by atoms with E-state index in [0.717, 1.165) is 5.56 Å². The molecule has 3 aromatic rings. The van der Waals surface area contributed by atoms with Crippen LogP contribution >= 0.6 is 0 Å². The van der Waals surface area contributed by atoms with Gasteiger partial charge in [-0.3, -0.25) is 15.0 Å². The maximum absolute atomic E-state index is 12.9. The second-order valence-electron chi connectivity index (χ2n) is 7.37. The minimum atomic E-state index is -3.72. The third-order valence-corrected chi connectivity index (χ3v) is 7.18. The first kappa shape index (κ1) is 22.8. The Kier molecular flexibility index (Phi) is 6.67. The third kappa shape index (κ3) is 5.02. The minimum absolute atomic E-state index is 0.0380. The van der Waals surface area contributed by atoms with E-state index in [1.54, 1.807) is 0 Å². The summed E-state index contributed by atoms with van der Waals surface area (Å²) < 4.78 is 38.1. The molecule has 11 nitrogen and oxygen atoms in total. The Balaban J connectivity index is 1.38. The SMILES string of the molecule is CCOc1ccccc1-c1noc(CN2CCN(S(=O)(=O)c3ccc([N+](=O)[O-])cc3)CC2)n1. The lowest BCUT2D eigenvalue weighted by Crippen LogP contribution is -2.48. The monoisotopic (exact) mass is 473 g/mol. The van der Waals surface area contributed by atoms with Gasteiger partial charge in [0.2, 0.25) is 21.7 Å². The first-order chi connectivity index (χ1) is 15.9. The fraction of sp³-hybridized carbons (Fsp3) is 0.333. The molecule has 12 heteroatoms. The van der Waals surface area contributed by atoms with Crippen LogP contribution in [0, 0.1) is 10.1 Å². The zero-order chi connectivity index (χ0) is 23.4. The fourth-order valence-corrected chi connectivity index (χ4v) is 4.99. The van der Waals surface area contributed by atoms with E-state index in [9.17, 15) is 18.5 Å². The number of hydrogen-bond donors (Lipinski definition) is 0. The van der Waals surface area contributed by atoms with E-state index < -0.39 is 14.9 Å². The van der Waals surface area contributed by atoms with Gasteiger partial charge in [-0.05, 0) is 31.2 Å². The zero-order valence-corrected chi connectivity index (χ0v) is 18.8. The molecule has 1 aliphatic rings. The molecule has 0 aliphatic carbocycles. The Morgan fingerprint density at radius 1 is 1.09 bits per heavy atom. The van der Waals surface area contributed by atoms with Gasteiger partial charge in [0.25, 0.3) is 5.69 Å². The topological polar surface area (TPSA) is 132 Å². The Morgan fingerprint density at radius 3 is 2.45 bits per heavy atom. The average molecular weight is 474 g/mol. The van der Waals surface area contributed by atoms with Crippen LogP contribution in [0.2, 0.25) is 0 Å². The number of nitrogens with zero attached hydrogens (tertiary/aromatic N) is 5. The van der Waals surface area contributed by atoms with Crippen molar-refractivity contribution in [3.05, 3.63) is 64.5 Å². The summed E-state index contributed by atoms with van der Waals surface area (Å²) in [6.45, 7) is 4.36. The number of nitro groups is 1. The molecule has 4 rings (SSSR count). The second-order valence-corrected chi connectivity index (χ2v) is 9.31. The lowest BCUT2D eigenvalue weighted by atomic mass is 10.2. The normalized spacial score (nSPS) is 15.4. The molecule has 1 aliphatic heterocycles. The first-order valence-corrected chi connectivity index (χ1v) is 11.8. The van der Waals surface area contributed by atoms with Crippen molar-refractivity contribution in [3.8, 4) is 17.1 Å². The van der Waals surface area contributed by atoms with Gasteiger partial charge in [0, 0.05) is 38.3 Å². The van der Waals surface area contributed by atoms with Gasteiger partial charge in [-0.25, -0.2) is 8.42 Å². The smallest absolute Gasteiger partial charge is 0.269 e. The van der Waals surface area contributed by atoms with Crippen molar-refractivity contribution in [2.24, 2.45) is 0 Å². The highest BCUT2D eigenvalue weighted by Gasteiger charge is 2.29. The van der Waals surface area contributed by atoms with E-state index >= 15 is 0 Å². The number of rotatable bonds is 8. The third-order valence-electron chi connectivity index (χ3n) is 5.27. The fourth-order valence-electron chi connectivity index (χ4n) is 3.57. The van der Waals surface area contributed by atoms with Gasteiger partial charge in [0.1, 0.15) is 5.75 Å². The number of para-hydroxylation sites is 1. The predicted octanol–water partition coefficient (Wildman–Crippen LogP) is 2.55. The Morgan fingerprint density at radius 2 is 1.79 bits per heavy atom. The van der Waals surface area contributed by atoms with Gasteiger partial charge in [-0.15, -0.1) is 0 Å². The number of nitro benzene ring substituents is 1. The molecule has 0 amide bonds. The number of benzene rings is 2. The molecule has 0 N–H and O–H groups in total. The number of aromatic nitrogens is 2. The van der Waals surface area contributed by atoms with Gasteiger partial charge in [0.15, 0.2) is 0 Å². The highest BCUT2D eigenvalue weighted by atomic mass is 32.2. The van der Waals surface area contributed by atoms with Crippen molar-refractivity contribution >= 4 is 15.7 Å². The van der Waals surface area contributed by atoms with Crippen molar-refractivity contribution in [2.45, 2.75) is 18.4 Å². The number of hydrogen-bond acceptors (Lipinski definition) is 9. The van der Waals surface area contributed by atoms with Crippen LogP contribution in [0.15, 0.2) is 57.9 Å². The summed E-state index contributed by atoms with van der Waals surface area (Å²) in [4.78, 5) is 16.8. The molecule has 0 bridgehead atoms. The largest absolute Gasteiger partial charge is 0.493 e. The van der Waals surface area contributed by atoms with Crippen LogP contribution in [-0.4, -0.2) is 65.5 Å². The van der Waals surface area contributed by atoms with Crippen LogP contribution in [-0.2, 0) is 16.6 Å². The van der Waals surface area contributed by atoms with Gasteiger partial charge >= 0.3 is 0 Å². The standard InChI is InChI=1S/C21H23N5O6S/c1-2-31-19-6-4-3-5-18(19)21-22-20(32-23-21)15-24-11-13-25(14-12-24)33(29,30)17-9-7-16(8-10-17)26(27)28/h3-10H,2,11-15H2,1H3. The summed E-state index contributed by atoms with van der Waals surface area (Å²) >= 11 is 0. The Hall–Kier alpha value is -3.35. The molecule has 1 aromatic heterocycles. The van der Waals surface area contributed by atoms with Crippen molar-refractivity contribution in [1.29, 1.82) is 0 Å². The number of ether oxygens (including phenoxy) is 1. The summed E-state index contributed by atoms with van der Waals surface area (Å²) in [7, 11) is -3.72. The van der Waals surface area contributed by atoms with Crippen molar-refractivity contribution < 1.29 is 22.6 Å². The summed E-state index contributed by atoms with van der Waals surface area (Å²) in [6, 6.07) is 12.4. The predicted molar refractivity (Wildman–Crippen MR) is 118 cm³/mol. The van der Waals surface area contributed by atoms with E-state index in [4.69, 9.17) is 9.26 Å². The molecule has 0 unspecified atom stereocenters. The lowest BCUT2D eigenvalue weighted by Gasteiger charge is -2.33. The summed E-state index contributed by atoms with van der Waals surface area (Å²) in [6.07, 6.45) is 0. The van der Waals surface area contributed by atoms with Crippen LogP contribution in [0.3, 0.4) is 0 Å². The first-order valence-electron chi connectivity index (χ1n) is 10.4. The molecule has 0 atom stereocenters. The lowest BCUT2D eigenvalue weighted by molar-refractivity contribution is -0.384. The van der Waals surface area contributed by atoms with E-state index in [0.29, 0.717) is 43.7 Å². The van der Waals surface area contributed by atoms with Gasteiger partial charge in [0.05, 0.1) is 28.5 Å². The van der Waals surface area contributed by atoms with Crippen LogP contribution in [0.5, 0.6) is 5.75 Å². The molecule has 2 heterocycles. The van der Waals surface area contributed by atoms with E-state index in [1.807, 2.05) is 36.1 Å². The van der Waals surface area contributed by atoms with Gasteiger partial charge in [-0.2, -0.15) is 9.29 Å². The summed E-state index contributed by atoms with van der Waals surface area (Å²) in [5.41, 5.74) is 0.593. The average Bonchev–Trinajstić information content (AvgIpc) is 3.28. The van der Waals surface area contributed by atoms with Crippen molar-refractivity contribution in [1.82, 2.24) is 19.3 Å². The molecule has 1 saturated heterocycles. The number of non-ortho nitro benzene ring substituents is 1. The van der Waals surface area contributed by atoms with Crippen molar-refractivity contribution in [2.75, 3.05) is 32.8 Å². The quantitative estimate of drug-likeness (QED) is 0.357. The van der Waals surface area contributed by atoms with Crippen molar-refractivity contribution in [3.63, 3.8) is 0 Å². The highest BCUT2D eigenvalue weighted by Crippen LogP contribution is 2.28. The molecule has 174 valence electrons. The van der Waals surface area contributed by atoms with Crippen LogP contribution in [0.4, 0.5) is 5.69 Å². The molecule has 0 radical (unpaired) electrons. The van der Waals surface area contributed by atoms with Gasteiger partial charge in [-0.1, -0.05) is 17.3 Å².